The van der Waals surface area contributed by atoms with E-state index >= 15 is 0 Å². The summed E-state index contributed by atoms with van der Waals surface area (Å²) in [5, 5.41) is 0. The van der Waals surface area contributed by atoms with Crippen LogP contribution in [0.15, 0.2) is 18.2 Å². The first-order chi connectivity index (χ1) is 8.54. The molecule has 0 saturated carbocycles. The zero-order chi connectivity index (χ0) is 13.2. The molecule has 0 spiro atoms. The third kappa shape index (κ3) is 2.82. The lowest BCUT2D eigenvalue weighted by Crippen LogP contribution is -2.46. The summed E-state index contributed by atoms with van der Waals surface area (Å²) >= 11 is 0. The van der Waals surface area contributed by atoms with Gasteiger partial charge < -0.3 is 10.5 Å². The Morgan fingerprint density at radius 1 is 1.50 bits per heavy atom. The van der Waals surface area contributed by atoms with E-state index < -0.39 is 0 Å². The molecular weight excluding hydrogens is 231 g/mol. The SMILES string of the molecule is COC1(C)CCCN(Cc2cccc(F)c2N)C1. The van der Waals surface area contributed by atoms with Crippen molar-refractivity contribution in [1.82, 2.24) is 4.90 Å². The molecule has 2 rings (SSSR count). The van der Waals surface area contributed by atoms with Gasteiger partial charge in [0.05, 0.1) is 11.3 Å². The van der Waals surface area contributed by atoms with Crippen LogP contribution in [0.3, 0.4) is 0 Å². The van der Waals surface area contributed by atoms with E-state index in [-0.39, 0.29) is 17.1 Å². The monoisotopic (exact) mass is 252 g/mol. The molecule has 1 unspecified atom stereocenters. The van der Waals surface area contributed by atoms with Crippen molar-refractivity contribution in [3.05, 3.63) is 29.6 Å². The normalized spacial score (nSPS) is 25.3. The molecule has 0 amide bonds. The van der Waals surface area contributed by atoms with Crippen molar-refractivity contribution < 1.29 is 9.13 Å². The second-order valence-electron chi connectivity index (χ2n) is 5.28. The Kier molecular flexibility index (Phi) is 3.88. The Bertz CT molecular complexity index is 424. The number of benzene rings is 1. The number of hydrogen-bond donors (Lipinski definition) is 1. The van der Waals surface area contributed by atoms with Gasteiger partial charge in [-0.3, -0.25) is 4.90 Å². The van der Waals surface area contributed by atoms with Crippen LogP contribution in [0.5, 0.6) is 0 Å². The maximum absolute atomic E-state index is 13.4. The second-order valence-corrected chi connectivity index (χ2v) is 5.28. The molecule has 1 aromatic rings. The van der Waals surface area contributed by atoms with Gasteiger partial charge in [0.15, 0.2) is 0 Å². The van der Waals surface area contributed by atoms with Gasteiger partial charge in [0, 0.05) is 20.2 Å². The van der Waals surface area contributed by atoms with Crippen LogP contribution < -0.4 is 5.73 Å². The third-order valence-corrected chi connectivity index (χ3v) is 3.77. The fourth-order valence-electron chi connectivity index (χ4n) is 2.57. The lowest BCUT2D eigenvalue weighted by molar-refractivity contribution is -0.0526. The van der Waals surface area contributed by atoms with Crippen molar-refractivity contribution in [2.24, 2.45) is 0 Å². The molecule has 1 saturated heterocycles. The average molecular weight is 252 g/mol. The van der Waals surface area contributed by atoms with E-state index in [0.29, 0.717) is 6.54 Å². The predicted molar refractivity (Wildman–Crippen MR) is 70.7 cm³/mol. The van der Waals surface area contributed by atoms with Crippen LogP contribution in [0.2, 0.25) is 0 Å². The first-order valence-corrected chi connectivity index (χ1v) is 6.34. The van der Waals surface area contributed by atoms with Crippen LogP contribution in [0.1, 0.15) is 25.3 Å². The summed E-state index contributed by atoms with van der Waals surface area (Å²) in [5.41, 5.74) is 6.79. The molecule has 0 aliphatic carbocycles. The summed E-state index contributed by atoms with van der Waals surface area (Å²) in [5.74, 6) is -0.334. The lowest BCUT2D eigenvalue weighted by atomic mass is 9.94. The van der Waals surface area contributed by atoms with Crippen molar-refractivity contribution >= 4 is 5.69 Å². The van der Waals surface area contributed by atoms with Gasteiger partial charge in [-0.15, -0.1) is 0 Å². The topological polar surface area (TPSA) is 38.5 Å². The number of hydrogen-bond acceptors (Lipinski definition) is 3. The van der Waals surface area contributed by atoms with E-state index in [1.165, 1.54) is 6.07 Å². The van der Waals surface area contributed by atoms with Gasteiger partial charge >= 0.3 is 0 Å². The van der Waals surface area contributed by atoms with Crippen LogP contribution in [0, 0.1) is 5.82 Å². The Labute approximate surface area is 108 Å². The van der Waals surface area contributed by atoms with Crippen LogP contribution in [0.4, 0.5) is 10.1 Å². The first-order valence-electron chi connectivity index (χ1n) is 6.34. The van der Waals surface area contributed by atoms with Crippen molar-refractivity contribution in [3.63, 3.8) is 0 Å². The summed E-state index contributed by atoms with van der Waals surface area (Å²) in [4.78, 5) is 2.28. The molecule has 1 fully saturated rings. The number of nitrogens with two attached hydrogens (primary N) is 1. The number of rotatable bonds is 3. The number of nitrogen functional groups attached to an aromatic ring is 1. The molecule has 0 aromatic heterocycles. The van der Waals surface area contributed by atoms with Crippen molar-refractivity contribution in [3.8, 4) is 0 Å². The molecule has 18 heavy (non-hydrogen) atoms. The van der Waals surface area contributed by atoms with Gasteiger partial charge in [-0.1, -0.05) is 12.1 Å². The van der Waals surface area contributed by atoms with Crippen LogP contribution in [-0.4, -0.2) is 30.7 Å². The highest BCUT2D eigenvalue weighted by Crippen LogP contribution is 2.26. The third-order valence-electron chi connectivity index (χ3n) is 3.77. The summed E-state index contributed by atoms with van der Waals surface area (Å²) < 4.78 is 18.9. The van der Waals surface area contributed by atoms with E-state index in [9.17, 15) is 4.39 Å². The van der Waals surface area contributed by atoms with E-state index in [2.05, 4.69) is 11.8 Å². The van der Waals surface area contributed by atoms with Crippen molar-refractivity contribution in [1.29, 1.82) is 0 Å². The highest BCUT2D eigenvalue weighted by molar-refractivity contribution is 5.47. The molecule has 4 heteroatoms. The number of para-hydroxylation sites is 1. The van der Waals surface area contributed by atoms with Crippen molar-refractivity contribution in [2.45, 2.75) is 31.9 Å². The number of methoxy groups -OCH3 is 1. The molecule has 1 aliphatic heterocycles. The summed E-state index contributed by atoms with van der Waals surface area (Å²) in [6.07, 6.45) is 2.16. The molecule has 1 aromatic carbocycles. The van der Waals surface area contributed by atoms with Gasteiger partial charge in [-0.2, -0.15) is 0 Å². The molecule has 0 radical (unpaired) electrons. The highest BCUT2D eigenvalue weighted by atomic mass is 19.1. The van der Waals surface area contributed by atoms with Crippen LogP contribution in [-0.2, 0) is 11.3 Å². The van der Waals surface area contributed by atoms with E-state index in [1.54, 1.807) is 13.2 Å². The fourth-order valence-corrected chi connectivity index (χ4v) is 2.57. The smallest absolute Gasteiger partial charge is 0.146 e. The summed E-state index contributed by atoms with van der Waals surface area (Å²) in [7, 11) is 1.75. The van der Waals surface area contributed by atoms with Gasteiger partial charge in [-0.25, -0.2) is 4.39 Å². The predicted octanol–water partition coefficient (Wildman–Crippen LogP) is 2.41. The molecule has 2 N–H and O–H groups in total. The second kappa shape index (κ2) is 5.24. The zero-order valence-electron chi connectivity index (χ0n) is 11.1. The standard InChI is InChI=1S/C14H21FN2O/c1-14(18-2)7-4-8-17(10-14)9-11-5-3-6-12(15)13(11)16/h3,5-6H,4,7-10,16H2,1-2H3. The lowest BCUT2D eigenvalue weighted by Gasteiger charge is -2.39. The number of ether oxygens (including phenoxy) is 1. The fraction of sp³-hybridized carbons (Fsp3) is 0.571. The molecule has 1 atom stereocenters. The molecule has 0 bridgehead atoms. The highest BCUT2D eigenvalue weighted by Gasteiger charge is 2.30. The minimum atomic E-state index is -0.334. The molecule has 3 nitrogen and oxygen atoms in total. The minimum absolute atomic E-state index is 0.0969. The van der Waals surface area contributed by atoms with Crippen LogP contribution >= 0.6 is 0 Å². The van der Waals surface area contributed by atoms with Gasteiger partial charge in [0.1, 0.15) is 5.82 Å². The minimum Gasteiger partial charge on any atom is -0.396 e. The Morgan fingerprint density at radius 3 is 3.00 bits per heavy atom. The average Bonchev–Trinajstić information content (AvgIpc) is 2.35. The van der Waals surface area contributed by atoms with E-state index in [0.717, 1.165) is 31.5 Å². The molecular formula is C14H21FN2O. The van der Waals surface area contributed by atoms with Gasteiger partial charge in [0.25, 0.3) is 0 Å². The first kappa shape index (κ1) is 13.3. The summed E-state index contributed by atoms with van der Waals surface area (Å²) in [6, 6.07) is 4.99. The summed E-state index contributed by atoms with van der Waals surface area (Å²) in [6.45, 7) is 4.67. The molecule has 100 valence electrons. The molecule has 1 aliphatic rings. The Balaban J connectivity index is 2.07. The number of nitrogens with zero attached hydrogens (tertiary/aromatic N) is 1. The Morgan fingerprint density at radius 2 is 2.28 bits per heavy atom. The largest absolute Gasteiger partial charge is 0.396 e. The number of piperidine rings is 1. The van der Waals surface area contributed by atoms with Crippen LogP contribution in [0.25, 0.3) is 0 Å². The number of likely N-dealkylation sites (tertiary alicyclic amines) is 1. The van der Waals surface area contributed by atoms with Gasteiger partial charge in [-0.05, 0) is 37.9 Å². The van der Waals surface area contributed by atoms with Crippen molar-refractivity contribution in [2.75, 3.05) is 25.9 Å². The maximum Gasteiger partial charge on any atom is 0.146 e. The van der Waals surface area contributed by atoms with E-state index in [1.807, 2.05) is 6.07 Å². The maximum atomic E-state index is 13.4. The Hall–Kier alpha value is -1.13. The number of anilines is 1. The zero-order valence-corrected chi connectivity index (χ0v) is 11.1. The van der Waals surface area contributed by atoms with E-state index in [4.69, 9.17) is 10.5 Å². The molecule has 1 heterocycles. The van der Waals surface area contributed by atoms with Gasteiger partial charge in [0.2, 0.25) is 0 Å². The number of halogens is 1. The quantitative estimate of drug-likeness (QED) is 0.840.